The first-order valence-corrected chi connectivity index (χ1v) is 9.30. The fraction of sp³-hybridized carbons (Fsp3) is 0.217. The third kappa shape index (κ3) is 3.74. The molecule has 30 heavy (non-hydrogen) atoms. The minimum absolute atomic E-state index is 0.119. The lowest BCUT2D eigenvalue weighted by molar-refractivity contribution is -0.136. The lowest BCUT2D eigenvalue weighted by Crippen LogP contribution is -2.32. The highest BCUT2D eigenvalue weighted by molar-refractivity contribution is 6.36. The van der Waals surface area contributed by atoms with Crippen LogP contribution >= 0.6 is 0 Å². The van der Waals surface area contributed by atoms with Gasteiger partial charge in [-0.1, -0.05) is 35.9 Å². The van der Waals surface area contributed by atoms with E-state index < -0.39 is 5.91 Å². The highest BCUT2D eigenvalue weighted by Crippen LogP contribution is 2.41. The average molecular weight is 408 g/mol. The van der Waals surface area contributed by atoms with Crippen molar-refractivity contribution in [2.24, 2.45) is 0 Å². The number of methoxy groups -OCH3 is 3. The highest BCUT2D eigenvalue weighted by Gasteiger charge is 2.38. The molecule has 2 aromatic rings. The Morgan fingerprint density at radius 2 is 1.57 bits per heavy atom. The molecule has 156 valence electrons. The zero-order chi connectivity index (χ0) is 21.8. The van der Waals surface area contributed by atoms with Gasteiger partial charge in [0.1, 0.15) is 5.70 Å². The van der Waals surface area contributed by atoms with Gasteiger partial charge in [-0.3, -0.25) is 14.5 Å². The number of carbonyl (C=O) groups is 2. The van der Waals surface area contributed by atoms with Crippen molar-refractivity contribution < 1.29 is 23.8 Å². The minimum atomic E-state index is -0.427. The molecule has 1 N–H and O–H groups in total. The van der Waals surface area contributed by atoms with Crippen LogP contribution in [0.2, 0.25) is 0 Å². The first kappa shape index (κ1) is 21.0. The second-order valence-corrected chi connectivity index (χ2v) is 6.66. The Balaban J connectivity index is 2.12. The highest BCUT2D eigenvalue weighted by atomic mass is 16.5. The zero-order valence-electron chi connectivity index (χ0n) is 17.4. The van der Waals surface area contributed by atoms with Gasteiger partial charge in [-0.2, -0.15) is 0 Å². The lowest BCUT2D eigenvalue weighted by atomic mass is 10.0. The van der Waals surface area contributed by atoms with Crippen LogP contribution in [0.4, 0.5) is 5.69 Å². The third-order valence-electron chi connectivity index (χ3n) is 4.75. The van der Waals surface area contributed by atoms with Gasteiger partial charge in [-0.05, 0) is 12.5 Å². The topological polar surface area (TPSA) is 77.1 Å². The molecule has 1 aliphatic heterocycles. The lowest BCUT2D eigenvalue weighted by Gasteiger charge is -2.16. The van der Waals surface area contributed by atoms with E-state index in [1.54, 1.807) is 12.1 Å². The van der Waals surface area contributed by atoms with Crippen molar-refractivity contribution in [1.29, 1.82) is 0 Å². The number of nitrogens with one attached hydrogen (secondary N) is 1. The molecule has 0 fully saturated rings. The van der Waals surface area contributed by atoms with E-state index in [1.807, 2.05) is 31.2 Å². The standard InChI is InChI=1S/C23H24N2O5/c1-6-11-25-22(26)19(15-9-7-14(2)8-10-15)20(23(25)27)24-16-12-17(28-3)21(30-5)18(13-16)29-4/h6-10,12-13,24H,1,11H2,2-5H3. The number of ether oxygens (including phenoxy) is 3. The number of aryl methyl sites for hydroxylation is 1. The molecule has 0 unspecified atom stereocenters. The van der Waals surface area contributed by atoms with Crippen molar-refractivity contribution in [3.05, 3.63) is 65.9 Å². The first-order valence-electron chi connectivity index (χ1n) is 9.30. The summed E-state index contributed by atoms with van der Waals surface area (Å²) in [5.41, 5.74) is 2.71. The Hall–Kier alpha value is -3.74. The van der Waals surface area contributed by atoms with Crippen molar-refractivity contribution in [2.75, 3.05) is 33.2 Å². The largest absolute Gasteiger partial charge is 0.493 e. The van der Waals surface area contributed by atoms with Crippen molar-refractivity contribution in [2.45, 2.75) is 6.92 Å². The van der Waals surface area contributed by atoms with Crippen LogP contribution in [-0.4, -0.2) is 44.6 Å². The number of amides is 2. The summed E-state index contributed by atoms with van der Waals surface area (Å²) in [6.07, 6.45) is 1.52. The van der Waals surface area contributed by atoms with E-state index in [0.29, 0.717) is 34.1 Å². The number of benzene rings is 2. The number of nitrogens with zero attached hydrogens (tertiary/aromatic N) is 1. The molecule has 3 rings (SSSR count). The third-order valence-corrected chi connectivity index (χ3v) is 4.75. The van der Waals surface area contributed by atoms with Crippen LogP contribution in [-0.2, 0) is 9.59 Å². The number of rotatable bonds is 8. The fourth-order valence-electron chi connectivity index (χ4n) is 3.27. The predicted octanol–water partition coefficient (Wildman–Crippen LogP) is 3.40. The van der Waals surface area contributed by atoms with Crippen LogP contribution in [0, 0.1) is 6.92 Å². The molecule has 0 atom stereocenters. The molecule has 7 nitrogen and oxygen atoms in total. The Kier molecular flexibility index (Phi) is 6.11. The second kappa shape index (κ2) is 8.73. The average Bonchev–Trinajstić information content (AvgIpc) is 2.98. The van der Waals surface area contributed by atoms with Crippen LogP contribution in [0.25, 0.3) is 5.57 Å². The summed E-state index contributed by atoms with van der Waals surface area (Å²) in [6, 6.07) is 10.8. The maximum Gasteiger partial charge on any atom is 0.278 e. The van der Waals surface area contributed by atoms with Crippen LogP contribution < -0.4 is 19.5 Å². The second-order valence-electron chi connectivity index (χ2n) is 6.66. The van der Waals surface area contributed by atoms with Crippen LogP contribution in [0.5, 0.6) is 17.2 Å². The van der Waals surface area contributed by atoms with Crippen LogP contribution in [0.1, 0.15) is 11.1 Å². The van der Waals surface area contributed by atoms with E-state index in [0.717, 1.165) is 10.5 Å². The number of carbonyl (C=O) groups excluding carboxylic acids is 2. The Morgan fingerprint density at radius 3 is 2.07 bits per heavy atom. The summed E-state index contributed by atoms with van der Waals surface area (Å²) in [6.45, 7) is 5.72. The van der Waals surface area contributed by atoms with E-state index in [1.165, 1.54) is 27.4 Å². The van der Waals surface area contributed by atoms with Gasteiger partial charge in [0, 0.05) is 24.4 Å². The Morgan fingerprint density at radius 1 is 0.967 bits per heavy atom. The Labute approximate surface area is 175 Å². The van der Waals surface area contributed by atoms with Crippen LogP contribution in [0.15, 0.2) is 54.8 Å². The molecule has 0 aromatic heterocycles. The quantitative estimate of drug-likeness (QED) is 0.533. The smallest absolute Gasteiger partial charge is 0.278 e. The minimum Gasteiger partial charge on any atom is -0.493 e. The molecular weight excluding hydrogens is 384 g/mol. The molecule has 0 saturated heterocycles. The van der Waals surface area contributed by atoms with Crippen LogP contribution in [0.3, 0.4) is 0 Å². The van der Waals surface area contributed by atoms with Gasteiger partial charge >= 0.3 is 0 Å². The molecule has 0 bridgehead atoms. The number of anilines is 1. The van der Waals surface area contributed by atoms with Gasteiger partial charge in [0.2, 0.25) is 5.75 Å². The van der Waals surface area contributed by atoms with Gasteiger partial charge in [-0.25, -0.2) is 0 Å². The SMILES string of the molecule is C=CCN1C(=O)C(Nc2cc(OC)c(OC)c(OC)c2)=C(c2ccc(C)cc2)C1=O. The van der Waals surface area contributed by atoms with E-state index in [4.69, 9.17) is 14.2 Å². The first-order chi connectivity index (χ1) is 14.4. The van der Waals surface area contributed by atoms with Gasteiger partial charge < -0.3 is 19.5 Å². The Bertz CT molecular complexity index is 999. The van der Waals surface area contributed by atoms with Crippen molar-refractivity contribution in [3.63, 3.8) is 0 Å². The predicted molar refractivity (Wildman–Crippen MR) is 115 cm³/mol. The number of imide groups is 1. The monoisotopic (exact) mass is 408 g/mol. The molecule has 0 spiro atoms. The van der Waals surface area contributed by atoms with Gasteiger partial charge in [0.25, 0.3) is 11.8 Å². The van der Waals surface area contributed by atoms with E-state index in [9.17, 15) is 9.59 Å². The molecule has 1 aliphatic rings. The number of hydrogen-bond donors (Lipinski definition) is 1. The van der Waals surface area contributed by atoms with E-state index in [-0.39, 0.29) is 18.1 Å². The summed E-state index contributed by atoms with van der Waals surface area (Å²) in [4.78, 5) is 27.2. The normalized spacial score (nSPS) is 13.5. The zero-order valence-corrected chi connectivity index (χ0v) is 17.4. The van der Waals surface area contributed by atoms with Crippen molar-refractivity contribution in [3.8, 4) is 17.2 Å². The summed E-state index contributed by atoms with van der Waals surface area (Å²) in [5, 5.41) is 3.09. The summed E-state index contributed by atoms with van der Waals surface area (Å²) in [5.74, 6) is 0.483. The van der Waals surface area contributed by atoms with E-state index >= 15 is 0 Å². The van der Waals surface area contributed by atoms with Gasteiger partial charge in [0.05, 0.1) is 26.9 Å². The maximum absolute atomic E-state index is 13.0. The van der Waals surface area contributed by atoms with Crippen molar-refractivity contribution >= 4 is 23.1 Å². The molecule has 0 aliphatic carbocycles. The molecule has 7 heteroatoms. The number of hydrogen-bond acceptors (Lipinski definition) is 6. The van der Waals surface area contributed by atoms with E-state index in [2.05, 4.69) is 11.9 Å². The molecule has 0 radical (unpaired) electrons. The maximum atomic E-state index is 13.0. The summed E-state index contributed by atoms with van der Waals surface area (Å²) >= 11 is 0. The molecule has 0 saturated carbocycles. The molecule has 2 amide bonds. The molecular formula is C23H24N2O5. The summed E-state index contributed by atoms with van der Waals surface area (Å²) < 4.78 is 16.1. The summed E-state index contributed by atoms with van der Waals surface area (Å²) in [7, 11) is 4.53. The van der Waals surface area contributed by atoms with Gasteiger partial charge in [0.15, 0.2) is 11.5 Å². The van der Waals surface area contributed by atoms with Crippen molar-refractivity contribution in [1.82, 2.24) is 4.90 Å². The van der Waals surface area contributed by atoms with Gasteiger partial charge in [-0.15, -0.1) is 6.58 Å². The molecule has 1 heterocycles. The fourth-order valence-corrected chi connectivity index (χ4v) is 3.27. The molecule has 2 aromatic carbocycles.